The van der Waals surface area contributed by atoms with Crippen molar-refractivity contribution in [2.75, 3.05) is 53.0 Å². The predicted octanol–water partition coefficient (Wildman–Crippen LogP) is -0.471. The monoisotopic (exact) mass is 241 g/mol. The second kappa shape index (κ2) is 6.33. The number of fused-ring (bicyclic) bond motifs is 1. The molecule has 2 aliphatic rings. The van der Waals surface area contributed by atoms with Crippen LogP contribution in [0.1, 0.15) is 12.8 Å². The van der Waals surface area contributed by atoms with E-state index in [2.05, 4.69) is 10.2 Å². The molecule has 2 saturated heterocycles. The molecule has 0 bridgehead atoms. The Kier molecular flexibility index (Phi) is 4.76. The maximum absolute atomic E-state index is 12.0. The number of hydrogen-bond donors (Lipinski definition) is 1. The molecule has 5 nitrogen and oxygen atoms in total. The highest BCUT2D eigenvalue weighted by molar-refractivity contribution is 5.78. The van der Waals surface area contributed by atoms with Crippen LogP contribution in [0.2, 0.25) is 0 Å². The Balaban J connectivity index is 1.69. The summed E-state index contributed by atoms with van der Waals surface area (Å²) < 4.78 is 4.93. The molecule has 0 radical (unpaired) electrons. The second-order valence-electron chi connectivity index (χ2n) is 4.84. The summed E-state index contributed by atoms with van der Waals surface area (Å²) in [7, 11) is 1.67. The average Bonchev–Trinajstić information content (AvgIpc) is 2.81. The van der Waals surface area contributed by atoms with Crippen LogP contribution in [0.3, 0.4) is 0 Å². The first-order valence-electron chi connectivity index (χ1n) is 6.52. The average molecular weight is 241 g/mol. The zero-order valence-corrected chi connectivity index (χ0v) is 10.7. The zero-order chi connectivity index (χ0) is 12.1. The van der Waals surface area contributed by atoms with E-state index in [1.54, 1.807) is 7.11 Å². The van der Waals surface area contributed by atoms with Gasteiger partial charge in [0.2, 0.25) is 5.91 Å². The van der Waals surface area contributed by atoms with Crippen molar-refractivity contribution >= 4 is 5.91 Å². The first-order valence-corrected chi connectivity index (χ1v) is 6.52. The van der Waals surface area contributed by atoms with Gasteiger partial charge in [-0.1, -0.05) is 0 Å². The van der Waals surface area contributed by atoms with Gasteiger partial charge in [-0.25, -0.2) is 0 Å². The number of rotatable bonds is 5. The van der Waals surface area contributed by atoms with Crippen molar-refractivity contribution in [3.8, 4) is 0 Å². The van der Waals surface area contributed by atoms with Crippen LogP contribution in [-0.4, -0.2) is 74.7 Å². The number of nitrogens with zero attached hydrogens (tertiary/aromatic N) is 2. The van der Waals surface area contributed by atoms with Crippen LogP contribution < -0.4 is 5.32 Å². The zero-order valence-electron chi connectivity index (χ0n) is 10.7. The van der Waals surface area contributed by atoms with Gasteiger partial charge in [-0.3, -0.25) is 9.69 Å². The van der Waals surface area contributed by atoms with Crippen molar-refractivity contribution in [1.82, 2.24) is 15.1 Å². The summed E-state index contributed by atoms with van der Waals surface area (Å²) in [5, 5.41) is 3.11. The summed E-state index contributed by atoms with van der Waals surface area (Å²) in [5.74, 6) is 0.229. The summed E-state index contributed by atoms with van der Waals surface area (Å²) in [6.07, 6.45) is 2.54. The maximum Gasteiger partial charge on any atom is 0.236 e. The lowest BCUT2D eigenvalue weighted by molar-refractivity contribution is -0.132. The highest BCUT2D eigenvalue weighted by Gasteiger charge is 2.31. The Labute approximate surface area is 103 Å². The van der Waals surface area contributed by atoms with Gasteiger partial charge in [0.05, 0.1) is 13.2 Å². The van der Waals surface area contributed by atoms with Crippen molar-refractivity contribution < 1.29 is 9.53 Å². The van der Waals surface area contributed by atoms with E-state index in [0.717, 1.165) is 26.2 Å². The fraction of sp³-hybridized carbons (Fsp3) is 0.917. The van der Waals surface area contributed by atoms with E-state index in [1.165, 1.54) is 19.4 Å². The molecular weight excluding hydrogens is 218 g/mol. The van der Waals surface area contributed by atoms with Crippen LogP contribution in [0.5, 0.6) is 0 Å². The molecule has 5 heteroatoms. The normalized spacial score (nSPS) is 25.0. The van der Waals surface area contributed by atoms with E-state index in [0.29, 0.717) is 19.2 Å². The molecule has 1 amide bonds. The highest BCUT2D eigenvalue weighted by atomic mass is 16.5. The number of carbonyl (C=O) groups is 1. The lowest BCUT2D eigenvalue weighted by Crippen LogP contribution is -2.53. The van der Waals surface area contributed by atoms with Crippen LogP contribution in [-0.2, 0) is 9.53 Å². The predicted molar refractivity (Wildman–Crippen MR) is 65.9 cm³/mol. The van der Waals surface area contributed by atoms with Crippen molar-refractivity contribution in [3.63, 3.8) is 0 Å². The Morgan fingerprint density at radius 2 is 2.29 bits per heavy atom. The Morgan fingerprint density at radius 1 is 1.41 bits per heavy atom. The highest BCUT2D eigenvalue weighted by Crippen LogP contribution is 2.21. The Hall–Kier alpha value is -0.650. The first kappa shape index (κ1) is 12.8. The van der Waals surface area contributed by atoms with Crippen molar-refractivity contribution in [3.05, 3.63) is 0 Å². The van der Waals surface area contributed by atoms with Crippen LogP contribution in [0, 0.1) is 0 Å². The molecule has 17 heavy (non-hydrogen) atoms. The van der Waals surface area contributed by atoms with Gasteiger partial charge in [-0.2, -0.15) is 0 Å². The molecule has 1 atom stereocenters. The minimum absolute atomic E-state index is 0.229. The van der Waals surface area contributed by atoms with Crippen molar-refractivity contribution in [2.45, 2.75) is 18.9 Å². The lowest BCUT2D eigenvalue weighted by atomic mass is 10.1. The largest absolute Gasteiger partial charge is 0.383 e. The molecule has 0 aromatic rings. The molecule has 0 aromatic carbocycles. The molecular formula is C12H23N3O2. The quantitative estimate of drug-likeness (QED) is 0.661. The molecule has 1 unspecified atom stereocenters. The fourth-order valence-corrected chi connectivity index (χ4v) is 2.70. The van der Waals surface area contributed by atoms with E-state index in [4.69, 9.17) is 4.74 Å². The van der Waals surface area contributed by atoms with Crippen LogP contribution in [0.25, 0.3) is 0 Å². The summed E-state index contributed by atoms with van der Waals surface area (Å²) in [6.45, 7) is 5.92. The number of methoxy groups -OCH3 is 1. The van der Waals surface area contributed by atoms with Crippen LogP contribution in [0.15, 0.2) is 0 Å². The SMILES string of the molecule is COCCNCC(=O)N1CCN2CCCC2C1. The number of hydrogen-bond acceptors (Lipinski definition) is 4. The van der Waals surface area contributed by atoms with Crippen LogP contribution >= 0.6 is 0 Å². The number of amides is 1. The third kappa shape index (κ3) is 3.40. The third-order valence-corrected chi connectivity index (χ3v) is 3.70. The summed E-state index contributed by atoms with van der Waals surface area (Å²) >= 11 is 0. The molecule has 1 N–H and O–H groups in total. The Bertz CT molecular complexity index is 260. The standard InChI is InChI=1S/C12H23N3O2/c1-17-8-4-13-9-12(16)15-7-6-14-5-2-3-11(14)10-15/h11,13H,2-10H2,1H3. The molecule has 0 aromatic heterocycles. The van der Waals surface area contributed by atoms with Gasteiger partial charge in [-0.05, 0) is 19.4 Å². The Morgan fingerprint density at radius 3 is 3.12 bits per heavy atom. The van der Waals surface area contributed by atoms with Crippen molar-refractivity contribution in [2.24, 2.45) is 0 Å². The molecule has 98 valence electrons. The van der Waals surface area contributed by atoms with Gasteiger partial charge >= 0.3 is 0 Å². The number of nitrogens with one attached hydrogen (secondary N) is 1. The van der Waals surface area contributed by atoms with E-state index in [1.807, 2.05) is 4.90 Å². The van der Waals surface area contributed by atoms with Gasteiger partial charge in [0.1, 0.15) is 0 Å². The molecule has 2 rings (SSSR count). The van der Waals surface area contributed by atoms with Gasteiger partial charge in [0.25, 0.3) is 0 Å². The van der Waals surface area contributed by atoms with E-state index < -0.39 is 0 Å². The number of ether oxygens (including phenoxy) is 1. The third-order valence-electron chi connectivity index (χ3n) is 3.70. The second-order valence-corrected chi connectivity index (χ2v) is 4.84. The minimum atomic E-state index is 0.229. The summed E-state index contributed by atoms with van der Waals surface area (Å²) in [5.41, 5.74) is 0. The molecule has 0 aliphatic carbocycles. The molecule has 0 spiro atoms. The smallest absolute Gasteiger partial charge is 0.236 e. The van der Waals surface area contributed by atoms with Gasteiger partial charge < -0.3 is 15.0 Å². The summed E-state index contributed by atoms with van der Waals surface area (Å²) in [6, 6.07) is 0.617. The van der Waals surface area contributed by atoms with Gasteiger partial charge in [0.15, 0.2) is 0 Å². The molecule has 2 fully saturated rings. The minimum Gasteiger partial charge on any atom is -0.383 e. The topological polar surface area (TPSA) is 44.8 Å². The maximum atomic E-state index is 12.0. The van der Waals surface area contributed by atoms with E-state index >= 15 is 0 Å². The lowest BCUT2D eigenvalue weighted by Gasteiger charge is -2.37. The molecule has 0 saturated carbocycles. The number of carbonyl (C=O) groups excluding carboxylic acids is 1. The summed E-state index contributed by atoms with van der Waals surface area (Å²) in [4.78, 5) is 16.5. The first-order chi connectivity index (χ1) is 8.31. The van der Waals surface area contributed by atoms with E-state index in [9.17, 15) is 4.79 Å². The van der Waals surface area contributed by atoms with Gasteiger partial charge in [0, 0.05) is 39.3 Å². The van der Waals surface area contributed by atoms with E-state index in [-0.39, 0.29) is 5.91 Å². The number of piperazine rings is 1. The molecule has 2 aliphatic heterocycles. The fourth-order valence-electron chi connectivity index (χ4n) is 2.70. The van der Waals surface area contributed by atoms with Gasteiger partial charge in [-0.15, -0.1) is 0 Å². The molecule has 2 heterocycles. The van der Waals surface area contributed by atoms with Crippen molar-refractivity contribution in [1.29, 1.82) is 0 Å². The van der Waals surface area contributed by atoms with Crippen LogP contribution in [0.4, 0.5) is 0 Å².